The molecule has 19 heavy (non-hydrogen) atoms. The van der Waals surface area contributed by atoms with Gasteiger partial charge in [-0.15, -0.1) is 0 Å². The van der Waals surface area contributed by atoms with Gasteiger partial charge in [0.15, 0.2) is 11.4 Å². The van der Waals surface area contributed by atoms with Gasteiger partial charge >= 0.3 is 6.18 Å². The van der Waals surface area contributed by atoms with E-state index in [4.69, 9.17) is 10.5 Å². The van der Waals surface area contributed by atoms with E-state index >= 15 is 0 Å². The molecule has 0 spiro atoms. The number of aromatic amines is 1. The Bertz CT molecular complexity index is 669. The molecule has 0 aliphatic heterocycles. The van der Waals surface area contributed by atoms with Crippen molar-refractivity contribution < 1.29 is 13.2 Å². The molecule has 1 aromatic heterocycles. The van der Waals surface area contributed by atoms with E-state index < -0.39 is 11.7 Å². The molecule has 0 atom stereocenters. The average molecular weight is 262 g/mol. The Kier molecular flexibility index (Phi) is 2.97. The maximum absolute atomic E-state index is 12.8. The number of H-pyrrole nitrogens is 1. The van der Waals surface area contributed by atoms with Crippen LogP contribution in [0, 0.1) is 22.7 Å². The third kappa shape index (κ3) is 2.26. The van der Waals surface area contributed by atoms with Crippen molar-refractivity contribution in [2.75, 3.05) is 0 Å². The first-order chi connectivity index (χ1) is 8.97. The van der Waals surface area contributed by atoms with Crippen molar-refractivity contribution >= 4 is 0 Å². The van der Waals surface area contributed by atoms with E-state index in [2.05, 4.69) is 9.97 Å². The van der Waals surface area contributed by atoms with Crippen molar-refractivity contribution in [1.82, 2.24) is 9.97 Å². The quantitative estimate of drug-likeness (QED) is 0.858. The Hall–Kier alpha value is -2.80. The zero-order chi connectivity index (χ0) is 14.0. The minimum absolute atomic E-state index is 0.152. The molecule has 0 aliphatic carbocycles. The minimum atomic E-state index is -4.54. The van der Waals surface area contributed by atoms with Gasteiger partial charge in [-0.25, -0.2) is 4.98 Å². The van der Waals surface area contributed by atoms with E-state index in [0.29, 0.717) is 0 Å². The average Bonchev–Trinajstić information content (AvgIpc) is 2.81. The van der Waals surface area contributed by atoms with E-state index in [0.717, 1.165) is 6.07 Å². The topological polar surface area (TPSA) is 76.3 Å². The summed E-state index contributed by atoms with van der Waals surface area (Å²) < 4.78 is 38.5. The molecular formula is C12H5F3N4. The van der Waals surface area contributed by atoms with Gasteiger partial charge in [-0.2, -0.15) is 23.7 Å². The molecule has 0 radical (unpaired) electrons. The molecule has 0 fully saturated rings. The molecule has 2 rings (SSSR count). The molecule has 0 amide bonds. The number of alkyl halides is 3. The number of hydrogen-bond acceptors (Lipinski definition) is 3. The largest absolute Gasteiger partial charge is 0.417 e. The molecule has 7 heteroatoms. The standard InChI is InChI=1S/C12H5F3N4/c13-12(14,15)8-4-2-1-3-7(8)11-18-9(5-16)10(6-17)19-11/h1-4H,(H,18,19). The van der Waals surface area contributed by atoms with Crippen LogP contribution in [0.15, 0.2) is 24.3 Å². The molecule has 4 nitrogen and oxygen atoms in total. The van der Waals surface area contributed by atoms with Crippen LogP contribution in [0.4, 0.5) is 13.2 Å². The van der Waals surface area contributed by atoms with Crippen LogP contribution in [0.2, 0.25) is 0 Å². The van der Waals surface area contributed by atoms with Gasteiger partial charge in [0.1, 0.15) is 18.0 Å². The first-order valence-electron chi connectivity index (χ1n) is 5.04. The van der Waals surface area contributed by atoms with Crippen LogP contribution in [0.25, 0.3) is 11.4 Å². The molecule has 2 aromatic rings. The molecular weight excluding hydrogens is 257 g/mol. The monoisotopic (exact) mass is 262 g/mol. The number of aromatic nitrogens is 2. The van der Waals surface area contributed by atoms with Gasteiger partial charge in [-0.05, 0) is 6.07 Å². The summed E-state index contributed by atoms with van der Waals surface area (Å²) in [4.78, 5) is 6.12. The van der Waals surface area contributed by atoms with E-state index in [1.54, 1.807) is 12.1 Å². The molecule has 0 saturated carbocycles. The lowest BCUT2D eigenvalue weighted by Crippen LogP contribution is -2.07. The summed E-state index contributed by atoms with van der Waals surface area (Å²) in [6, 6.07) is 8.14. The number of benzene rings is 1. The molecule has 0 bridgehead atoms. The van der Waals surface area contributed by atoms with Crippen LogP contribution in [0.3, 0.4) is 0 Å². The van der Waals surface area contributed by atoms with Gasteiger partial charge in [-0.1, -0.05) is 18.2 Å². The summed E-state index contributed by atoms with van der Waals surface area (Å²) in [7, 11) is 0. The summed E-state index contributed by atoms with van der Waals surface area (Å²) in [6.45, 7) is 0. The summed E-state index contributed by atoms with van der Waals surface area (Å²) in [5.41, 5.74) is -1.46. The Morgan fingerprint density at radius 1 is 1.11 bits per heavy atom. The molecule has 0 aliphatic rings. The number of nitriles is 2. The first-order valence-corrected chi connectivity index (χ1v) is 5.04. The highest BCUT2D eigenvalue weighted by Crippen LogP contribution is 2.36. The lowest BCUT2D eigenvalue weighted by molar-refractivity contribution is -0.137. The third-order valence-corrected chi connectivity index (χ3v) is 2.41. The molecule has 0 unspecified atom stereocenters. The lowest BCUT2D eigenvalue weighted by Gasteiger charge is -2.10. The Labute approximate surface area is 105 Å². The second-order valence-electron chi connectivity index (χ2n) is 3.58. The maximum atomic E-state index is 12.8. The van der Waals surface area contributed by atoms with Crippen molar-refractivity contribution in [2.45, 2.75) is 6.18 Å². The SMILES string of the molecule is N#Cc1nc(-c2ccccc2C(F)(F)F)[nH]c1C#N. The molecule has 94 valence electrons. The highest BCUT2D eigenvalue weighted by atomic mass is 19.4. The predicted molar refractivity (Wildman–Crippen MR) is 58.5 cm³/mol. The number of hydrogen-bond donors (Lipinski definition) is 1. The Morgan fingerprint density at radius 3 is 2.32 bits per heavy atom. The van der Waals surface area contributed by atoms with Crippen molar-refractivity contribution in [1.29, 1.82) is 10.5 Å². The Morgan fingerprint density at radius 2 is 1.79 bits per heavy atom. The minimum Gasteiger partial charge on any atom is -0.329 e. The molecule has 1 aromatic carbocycles. The van der Waals surface area contributed by atoms with Gasteiger partial charge in [0, 0.05) is 5.56 Å². The van der Waals surface area contributed by atoms with Crippen LogP contribution in [-0.4, -0.2) is 9.97 Å². The second-order valence-corrected chi connectivity index (χ2v) is 3.58. The van der Waals surface area contributed by atoms with E-state index in [1.807, 2.05) is 0 Å². The van der Waals surface area contributed by atoms with Crippen molar-refractivity contribution in [3.63, 3.8) is 0 Å². The number of halogens is 3. The smallest absolute Gasteiger partial charge is 0.329 e. The van der Waals surface area contributed by atoms with Crippen LogP contribution < -0.4 is 0 Å². The van der Waals surface area contributed by atoms with Crippen LogP contribution in [-0.2, 0) is 6.18 Å². The van der Waals surface area contributed by atoms with E-state index in [-0.39, 0.29) is 22.8 Å². The zero-order valence-electron chi connectivity index (χ0n) is 9.28. The highest BCUT2D eigenvalue weighted by Gasteiger charge is 2.34. The fourth-order valence-corrected chi connectivity index (χ4v) is 1.60. The first kappa shape index (κ1) is 12.7. The Balaban J connectivity index is 2.65. The van der Waals surface area contributed by atoms with Crippen molar-refractivity contribution in [3.8, 4) is 23.5 Å². The fraction of sp³-hybridized carbons (Fsp3) is 0.0833. The molecule has 1 heterocycles. The fourth-order valence-electron chi connectivity index (χ4n) is 1.60. The van der Waals surface area contributed by atoms with E-state index in [9.17, 15) is 13.2 Å². The number of imidazole rings is 1. The van der Waals surface area contributed by atoms with Crippen LogP contribution >= 0.6 is 0 Å². The van der Waals surface area contributed by atoms with E-state index in [1.165, 1.54) is 18.2 Å². The number of rotatable bonds is 1. The van der Waals surface area contributed by atoms with Crippen molar-refractivity contribution in [3.05, 3.63) is 41.2 Å². The van der Waals surface area contributed by atoms with Gasteiger partial charge < -0.3 is 4.98 Å². The third-order valence-electron chi connectivity index (χ3n) is 2.41. The molecule has 0 saturated heterocycles. The maximum Gasteiger partial charge on any atom is 0.417 e. The second kappa shape index (κ2) is 4.46. The summed E-state index contributed by atoms with van der Waals surface area (Å²) in [5.74, 6) is -0.152. The van der Waals surface area contributed by atoms with Gasteiger partial charge in [-0.3, -0.25) is 0 Å². The van der Waals surface area contributed by atoms with Crippen molar-refractivity contribution in [2.24, 2.45) is 0 Å². The zero-order valence-corrected chi connectivity index (χ0v) is 9.28. The lowest BCUT2D eigenvalue weighted by atomic mass is 10.1. The van der Waals surface area contributed by atoms with Crippen LogP contribution in [0.5, 0.6) is 0 Å². The summed E-state index contributed by atoms with van der Waals surface area (Å²) >= 11 is 0. The number of nitrogens with zero attached hydrogens (tertiary/aromatic N) is 3. The van der Waals surface area contributed by atoms with Gasteiger partial charge in [0.2, 0.25) is 0 Å². The van der Waals surface area contributed by atoms with Gasteiger partial charge in [0.05, 0.1) is 5.56 Å². The summed E-state index contributed by atoms with van der Waals surface area (Å²) in [5, 5.41) is 17.5. The van der Waals surface area contributed by atoms with Gasteiger partial charge in [0.25, 0.3) is 0 Å². The normalized spacial score (nSPS) is 10.8. The highest BCUT2D eigenvalue weighted by molar-refractivity contribution is 5.63. The van der Waals surface area contributed by atoms with Crippen LogP contribution in [0.1, 0.15) is 17.0 Å². The molecule has 1 N–H and O–H groups in total. The number of nitrogens with one attached hydrogen (secondary N) is 1. The predicted octanol–water partition coefficient (Wildman–Crippen LogP) is 2.84. The summed E-state index contributed by atoms with van der Waals surface area (Å²) in [6.07, 6.45) is -4.54.